The first-order valence-electron chi connectivity index (χ1n) is 5.57. The van der Waals surface area contributed by atoms with Gasteiger partial charge in [-0.2, -0.15) is 4.72 Å². The van der Waals surface area contributed by atoms with Crippen molar-refractivity contribution in [1.82, 2.24) is 9.71 Å². The average molecular weight is 288 g/mol. The highest BCUT2D eigenvalue weighted by molar-refractivity contribution is 7.89. The molecule has 8 heteroatoms. The molecule has 106 valence electrons. The molecule has 0 saturated carbocycles. The molecule has 1 rings (SSSR count). The zero-order valence-electron chi connectivity index (χ0n) is 10.8. The number of carbonyl (C=O) groups is 1. The van der Waals surface area contributed by atoms with E-state index in [2.05, 4.69) is 14.4 Å². The topological polar surface area (TPSA) is 105 Å². The molecule has 19 heavy (non-hydrogen) atoms. The molecule has 0 radical (unpaired) electrons. The Hall–Kier alpha value is -1.67. The molecule has 0 fully saturated rings. The summed E-state index contributed by atoms with van der Waals surface area (Å²) in [5.74, 6) is -0.937. The number of aromatic amines is 1. The second kappa shape index (κ2) is 5.98. The fourth-order valence-corrected chi connectivity index (χ4v) is 2.68. The van der Waals surface area contributed by atoms with Crippen molar-refractivity contribution in [3.8, 4) is 0 Å². The van der Waals surface area contributed by atoms with E-state index in [4.69, 9.17) is 0 Å². The first kappa shape index (κ1) is 15.4. The fraction of sp³-hybridized carbons (Fsp3) is 0.455. The van der Waals surface area contributed by atoms with Crippen molar-refractivity contribution in [2.24, 2.45) is 5.92 Å². The van der Waals surface area contributed by atoms with Crippen LogP contribution >= 0.6 is 0 Å². The number of aromatic nitrogens is 1. The first-order valence-corrected chi connectivity index (χ1v) is 7.05. The normalized spacial score (nSPS) is 13.3. The van der Waals surface area contributed by atoms with E-state index >= 15 is 0 Å². The number of carbonyl (C=O) groups excluding carboxylic acids is 1. The van der Waals surface area contributed by atoms with Gasteiger partial charge in [-0.25, -0.2) is 8.42 Å². The van der Waals surface area contributed by atoms with Gasteiger partial charge in [-0.3, -0.25) is 9.59 Å². The van der Waals surface area contributed by atoms with Crippen LogP contribution in [0.25, 0.3) is 0 Å². The van der Waals surface area contributed by atoms with Gasteiger partial charge in [-0.1, -0.05) is 13.8 Å². The zero-order chi connectivity index (χ0) is 14.6. The van der Waals surface area contributed by atoms with Crippen LogP contribution in [-0.4, -0.2) is 32.5 Å². The van der Waals surface area contributed by atoms with Crippen molar-refractivity contribution in [3.63, 3.8) is 0 Å². The van der Waals surface area contributed by atoms with Crippen molar-refractivity contribution in [1.29, 1.82) is 0 Å². The Morgan fingerprint density at radius 1 is 1.37 bits per heavy atom. The lowest BCUT2D eigenvalue weighted by atomic mass is 10.1. The van der Waals surface area contributed by atoms with Gasteiger partial charge in [-0.15, -0.1) is 0 Å². The van der Waals surface area contributed by atoms with E-state index in [0.29, 0.717) is 0 Å². The number of methoxy groups -OCH3 is 1. The number of hydrogen-bond acceptors (Lipinski definition) is 5. The summed E-state index contributed by atoms with van der Waals surface area (Å²) in [5.41, 5.74) is -0.410. The molecule has 1 heterocycles. The summed E-state index contributed by atoms with van der Waals surface area (Å²) in [6.07, 6.45) is 1.07. The van der Waals surface area contributed by atoms with E-state index in [9.17, 15) is 18.0 Å². The molecule has 0 aliphatic carbocycles. The number of esters is 1. The van der Waals surface area contributed by atoms with Gasteiger partial charge in [0.2, 0.25) is 15.6 Å². The molecule has 0 aliphatic heterocycles. The Balaban J connectivity index is 3.04. The Bertz CT molecular complexity index is 585. The smallest absolute Gasteiger partial charge is 0.324 e. The number of rotatable bonds is 5. The van der Waals surface area contributed by atoms with E-state index in [-0.39, 0.29) is 10.8 Å². The lowest BCUT2D eigenvalue weighted by Crippen LogP contribution is -2.44. The summed E-state index contributed by atoms with van der Waals surface area (Å²) in [4.78, 5) is 24.5. The minimum atomic E-state index is -3.90. The zero-order valence-corrected chi connectivity index (χ0v) is 11.7. The summed E-state index contributed by atoms with van der Waals surface area (Å²) in [6.45, 7) is 3.38. The van der Waals surface area contributed by atoms with Gasteiger partial charge >= 0.3 is 5.97 Å². The largest absolute Gasteiger partial charge is 0.468 e. The first-order chi connectivity index (χ1) is 8.77. The molecule has 1 atom stereocenters. The fourth-order valence-electron chi connectivity index (χ4n) is 1.38. The molecule has 1 aromatic rings. The van der Waals surface area contributed by atoms with Crippen LogP contribution in [0.3, 0.4) is 0 Å². The summed E-state index contributed by atoms with van der Waals surface area (Å²) >= 11 is 0. The highest BCUT2D eigenvalue weighted by atomic mass is 32.2. The maximum Gasteiger partial charge on any atom is 0.324 e. The van der Waals surface area contributed by atoms with E-state index in [1.165, 1.54) is 7.11 Å². The summed E-state index contributed by atoms with van der Waals surface area (Å²) in [7, 11) is -2.71. The number of ether oxygens (including phenoxy) is 1. The molecule has 0 aliphatic rings. The molecule has 1 aromatic heterocycles. The van der Waals surface area contributed by atoms with E-state index in [1.54, 1.807) is 13.8 Å². The highest BCUT2D eigenvalue weighted by Crippen LogP contribution is 2.10. The van der Waals surface area contributed by atoms with Crippen LogP contribution in [-0.2, 0) is 19.6 Å². The Morgan fingerprint density at radius 3 is 2.42 bits per heavy atom. The highest BCUT2D eigenvalue weighted by Gasteiger charge is 2.29. The Labute approximate surface area is 111 Å². The van der Waals surface area contributed by atoms with Gasteiger partial charge in [0.25, 0.3) is 0 Å². The minimum absolute atomic E-state index is 0.123. The van der Waals surface area contributed by atoms with Crippen LogP contribution in [0.1, 0.15) is 13.8 Å². The minimum Gasteiger partial charge on any atom is -0.468 e. The van der Waals surface area contributed by atoms with E-state index < -0.39 is 27.6 Å². The van der Waals surface area contributed by atoms with Gasteiger partial charge in [0.15, 0.2) is 0 Å². The van der Waals surface area contributed by atoms with Crippen LogP contribution < -0.4 is 10.3 Å². The predicted molar refractivity (Wildman–Crippen MR) is 68.0 cm³/mol. The molecule has 0 saturated heterocycles. The molecule has 7 nitrogen and oxygen atoms in total. The lowest BCUT2D eigenvalue weighted by molar-refractivity contribution is -0.143. The summed E-state index contributed by atoms with van der Waals surface area (Å²) in [6, 6.07) is 1.27. The number of H-pyrrole nitrogens is 1. The van der Waals surface area contributed by atoms with Crippen molar-refractivity contribution in [2.45, 2.75) is 24.8 Å². The van der Waals surface area contributed by atoms with E-state index in [1.807, 2.05) is 0 Å². The van der Waals surface area contributed by atoms with Gasteiger partial charge < -0.3 is 9.72 Å². The standard InChI is InChI=1S/C11H16N2O5S/c1-7(2)10(11(15)18-3)13-19(16,17)8-4-5-9(14)12-6-8/h4-7,10,13H,1-3H3,(H,12,14). The summed E-state index contributed by atoms with van der Waals surface area (Å²) < 4.78 is 30.9. The van der Waals surface area contributed by atoms with Gasteiger partial charge in [-0.05, 0) is 12.0 Å². The second-order valence-electron chi connectivity index (χ2n) is 4.25. The average Bonchev–Trinajstić information content (AvgIpc) is 2.35. The maximum atomic E-state index is 12.0. The molecule has 0 spiro atoms. The second-order valence-corrected chi connectivity index (χ2v) is 5.97. The quantitative estimate of drug-likeness (QED) is 0.733. The lowest BCUT2D eigenvalue weighted by Gasteiger charge is -2.19. The third kappa shape index (κ3) is 3.90. The van der Waals surface area contributed by atoms with Crippen molar-refractivity contribution in [3.05, 3.63) is 28.7 Å². The number of nitrogens with one attached hydrogen (secondary N) is 2. The van der Waals surface area contributed by atoms with Crippen molar-refractivity contribution >= 4 is 16.0 Å². The monoisotopic (exact) mass is 288 g/mol. The van der Waals surface area contributed by atoms with Crippen molar-refractivity contribution in [2.75, 3.05) is 7.11 Å². The third-order valence-corrected chi connectivity index (χ3v) is 3.91. The molecule has 0 amide bonds. The number of sulfonamides is 1. The Kier molecular flexibility index (Phi) is 4.84. The van der Waals surface area contributed by atoms with Crippen LogP contribution in [0, 0.1) is 5.92 Å². The van der Waals surface area contributed by atoms with E-state index in [0.717, 1.165) is 18.3 Å². The molecule has 0 aromatic carbocycles. The summed E-state index contributed by atoms with van der Waals surface area (Å²) in [5, 5.41) is 0. The van der Waals surface area contributed by atoms with Crippen LogP contribution in [0.15, 0.2) is 28.0 Å². The van der Waals surface area contributed by atoms with Gasteiger partial charge in [0, 0.05) is 12.3 Å². The molecule has 2 N–H and O–H groups in total. The van der Waals surface area contributed by atoms with Crippen LogP contribution in [0.5, 0.6) is 0 Å². The number of pyridine rings is 1. The Morgan fingerprint density at radius 2 is 2.00 bits per heavy atom. The van der Waals surface area contributed by atoms with Crippen LogP contribution in [0.4, 0.5) is 0 Å². The SMILES string of the molecule is COC(=O)C(NS(=O)(=O)c1ccc(=O)[nH]c1)C(C)C. The molecular weight excluding hydrogens is 272 g/mol. The number of hydrogen-bond donors (Lipinski definition) is 2. The molecule has 1 unspecified atom stereocenters. The van der Waals surface area contributed by atoms with Gasteiger partial charge in [0.1, 0.15) is 6.04 Å². The van der Waals surface area contributed by atoms with Gasteiger partial charge in [0.05, 0.1) is 12.0 Å². The maximum absolute atomic E-state index is 12.0. The predicted octanol–water partition coefficient (Wildman–Crippen LogP) is -0.149. The molecular formula is C11H16N2O5S. The molecule has 0 bridgehead atoms. The third-order valence-electron chi connectivity index (χ3n) is 2.47. The van der Waals surface area contributed by atoms with Crippen molar-refractivity contribution < 1.29 is 17.9 Å². The van der Waals surface area contributed by atoms with Crippen LogP contribution in [0.2, 0.25) is 0 Å².